The third-order valence-corrected chi connectivity index (χ3v) is 5.83. The number of amides is 4. The van der Waals surface area contributed by atoms with Gasteiger partial charge in [-0.2, -0.15) is 13.2 Å². The van der Waals surface area contributed by atoms with E-state index in [1.807, 2.05) is 5.32 Å². The van der Waals surface area contributed by atoms with E-state index in [0.717, 1.165) is 17.0 Å². The molecule has 0 aromatic heterocycles. The zero-order valence-electron chi connectivity index (χ0n) is 17.8. The molecule has 2 aliphatic heterocycles. The largest absolute Gasteiger partial charge is 0.412 e. The minimum absolute atomic E-state index is 0.0241. The van der Waals surface area contributed by atoms with Crippen molar-refractivity contribution in [2.75, 3.05) is 0 Å². The van der Waals surface area contributed by atoms with Crippen LogP contribution in [-0.4, -0.2) is 40.7 Å². The first-order chi connectivity index (χ1) is 16.0. The lowest BCUT2D eigenvalue weighted by Crippen LogP contribution is -2.52. The molecule has 2 N–H and O–H groups in total. The summed E-state index contributed by atoms with van der Waals surface area (Å²) in [4.78, 5) is 50.1. The van der Waals surface area contributed by atoms with Crippen LogP contribution in [0.25, 0.3) is 0 Å². The topological polar surface area (TPSA) is 95.6 Å². The molecule has 7 nitrogen and oxygen atoms in total. The molecule has 0 spiro atoms. The highest BCUT2D eigenvalue weighted by Gasteiger charge is 2.43. The summed E-state index contributed by atoms with van der Waals surface area (Å²) in [6.45, 7) is 1.45. The summed E-state index contributed by atoms with van der Waals surface area (Å²) >= 11 is 0. The Morgan fingerprint density at radius 1 is 1.18 bits per heavy atom. The molecule has 4 rings (SSSR count). The van der Waals surface area contributed by atoms with Crippen LogP contribution in [0, 0.1) is 12.7 Å². The van der Waals surface area contributed by atoms with E-state index < -0.39 is 53.3 Å². The van der Waals surface area contributed by atoms with Gasteiger partial charge in [0.25, 0.3) is 11.8 Å². The van der Waals surface area contributed by atoms with Crippen LogP contribution in [0.4, 0.5) is 17.6 Å². The number of aryl methyl sites for hydroxylation is 1. The highest BCUT2D eigenvalue weighted by atomic mass is 19.4. The average molecular weight is 477 g/mol. The summed E-state index contributed by atoms with van der Waals surface area (Å²) in [5.41, 5.74) is -0.206. The molecule has 1 saturated heterocycles. The number of piperidine rings is 1. The lowest BCUT2D eigenvalue weighted by Gasteiger charge is -2.29. The summed E-state index contributed by atoms with van der Waals surface area (Å²) in [6, 6.07) is 3.99. The number of nitrogens with one attached hydrogen (secondary N) is 2. The molecule has 178 valence electrons. The molecule has 2 aliphatic rings. The molecule has 2 heterocycles. The Bertz CT molecular complexity index is 1210. The molecule has 0 bridgehead atoms. The van der Waals surface area contributed by atoms with Gasteiger partial charge in [0, 0.05) is 18.5 Å². The summed E-state index contributed by atoms with van der Waals surface area (Å²) < 4.78 is 55.8. The van der Waals surface area contributed by atoms with Crippen molar-refractivity contribution in [2.45, 2.75) is 44.6 Å². The molecule has 4 amide bonds. The van der Waals surface area contributed by atoms with E-state index in [2.05, 4.69) is 5.32 Å². The Balaban J connectivity index is 1.60. The average Bonchev–Trinajstić information content (AvgIpc) is 3.06. The molecule has 0 saturated carbocycles. The van der Waals surface area contributed by atoms with E-state index in [0.29, 0.717) is 5.56 Å². The summed E-state index contributed by atoms with van der Waals surface area (Å²) in [7, 11) is 0. The van der Waals surface area contributed by atoms with E-state index in [-0.39, 0.29) is 36.1 Å². The Hall–Kier alpha value is -3.76. The number of imide groups is 1. The molecule has 2 aromatic carbocycles. The maximum Gasteiger partial charge on any atom is 0.412 e. The van der Waals surface area contributed by atoms with Gasteiger partial charge in [-0.15, -0.1) is 0 Å². The molecule has 0 radical (unpaired) electrons. The normalized spacial score (nSPS) is 19.0. The van der Waals surface area contributed by atoms with Gasteiger partial charge in [0.2, 0.25) is 11.8 Å². The van der Waals surface area contributed by atoms with Crippen LogP contribution in [0.5, 0.6) is 0 Å². The molecule has 1 fully saturated rings. The van der Waals surface area contributed by atoms with E-state index in [9.17, 15) is 36.7 Å². The van der Waals surface area contributed by atoms with E-state index >= 15 is 0 Å². The third kappa shape index (κ3) is 4.37. The van der Waals surface area contributed by atoms with Crippen molar-refractivity contribution in [3.63, 3.8) is 0 Å². The first kappa shape index (κ1) is 23.4. The first-order valence-corrected chi connectivity index (χ1v) is 10.4. The van der Waals surface area contributed by atoms with Crippen LogP contribution in [0.15, 0.2) is 36.4 Å². The van der Waals surface area contributed by atoms with Gasteiger partial charge in [0.1, 0.15) is 11.9 Å². The van der Waals surface area contributed by atoms with Crippen LogP contribution in [0.2, 0.25) is 0 Å². The Labute approximate surface area is 191 Å². The molecular formula is C23H19F4N3O4. The number of hydrogen-bond donors (Lipinski definition) is 2. The van der Waals surface area contributed by atoms with Gasteiger partial charge in [-0.25, -0.2) is 4.39 Å². The van der Waals surface area contributed by atoms with Gasteiger partial charge in [-0.3, -0.25) is 24.5 Å². The summed E-state index contributed by atoms with van der Waals surface area (Å²) in [5, 5.41) is 3.98. The molecule has 0 aliphatic carbocycles. The number of carbonyl (C=O) groups excluding carboxylic acids is 4. The van der Waals surface area contributed by atoms with Gasteiger partial charge in [-0.05, 0) is 36.6 Å². The standard InChI is InChI=1S/C23H19F4N3O4/c1-11-3-2-4-12(7-11)19(23(25,26)27)29-20(32)15-8-13-10-30(22(34)14(13)9-16(15)24)17-5-6-18(31)28-21(17)33/h2-4,7-9,17,19H,5-6,10H2,1H3,(H,29,32)(H,28,31,33)/t17?,19-/m1/s1. The smallest absolute Gasteiger partial charge is 0.337 e. The zero-order valence-corrected chi connectivity index (χ0v) is 17.8. The summed E-state index contributed by atoms with van der Waals surface area (Å²) in [5.74, 6) is -4.26. The Morgan fingerprint density at radius 2 is 1.91 bits per heavy atom. The molecule has 1 unspecified atom stereocenters. The highest BCUT2D eigenvalue weighted by Crippen LogP contribution is 2.34. The van der Waals surface area contributed by atoms with Crippen molar-refractivity contribution >= 4 is 23.6 Å². The van der Waals surface area contributed by atoms with Gasteiger partial charge < -0.3 is 10.2 Å². The predicted octanol–water partition coefficient (Wildman–Crippen LogP) is 2.93. The molecule has 11 heteroatoms. The van der Waals surface area contributed by atoms with E-state index in [1.54, 1.807) is 13.0 Å². The quantitative estimate of drug-likeness (QED) is 0.523. The van der Waals surface area contributed by atoms with Gasteiger partial charge in [-0.1, -0.05) is 29.8 Å². The van der Waals surface area contributed by atoms with Gasteiger partial charge >= 0.3 is 6.18 Å². The number of benzene rings is 2. The number of rotatable bonds is 4. The van der Waals surface area contributed by atoms with Crippen molar-refractivity contribution in [2.24, 2.45) is 0 Å². The fourth-order valence-electron chi connectivity index (χ4n) is 4.18. The second-order valence-corrected chi connectivity index (χ2v) is 8.25. The zero-order chi connectivity index (χ0) is 24.8. The molecular weight excluding hydrogens is 458 g/mol. The number of halogens is 4. The van der Waals surface area contributed by atoms with Gasteiger partial charge in [0.05, 0.1) is 5.56 Å². The Morgan fingerprint density at radius 3 is 2.56 bits per heavy atom. The lowest BCUT2D eigenvalue weighted by atomic mass is 10.0. The molecule has 34 heavy (non-hydrogen) atoms. The third-order valence-electron chi connectivity index (χ3n) is 5.83. The lowest BCUT2D eigenvalue weighted by molar-refractivity contribution is -0.155. The fraction of sp³-hybridized carbons (Fsp3) is 0.304. The maximum atomic E-state index is 14.7. The number of hydrogen-bond acceptors (Lipinski definition) is 4. The number of nitrogens with zero attached hydrogens (tertiary/aromatic N) is 1. The van der Waals surface area contributed by atoms with Crippen LogP contribution >= 0.6 is 0 Å². The van der Waals surface area contributed by atoms with Crippen molar-refractivity contribution in [1.82, 2.24) is 15.5 Å². The van der Waals surface area contributed by atoms with E-state index in [4.69, 9.17) is 0 Å². The number of alkyl halides is 3. The minimum atomic E-state index is -4.84. The van der Waals surface area contributed by atoms with E-state index in [1.165, 1.54) is 18.2 Å². The number of carbonyl (C=O) groups is 4. The van der Waals surface area contributed by atoms with Crippen LogP contribution in [0.3, 0.4) is 0 Å². The molecule has 2 atom stereocenters. The second kappa shape index (κ2) is 8.54. The first-order valence-electron chi connectivity index (χ1n) is 10.4. The molecule has 2 aromatic rings. The van der Waals surface area contributed by atoms with Crippen molar-refractivity contribution in [3.8, 4) is 0 Å². The maximum absolute atomic E-state index is 14.7. The van der Waals surface area contributed by atoms with Crippen molar-refractivity contribution < 1.29 is 36.7 Å². The van der Waals surface area contributed by atoms with Crippen LogP contribution in [-0.2, 0) is 16.1 Å². The number of fused-ring (bicyclic) bond motifs is 1. The van der Waals surface area contributed by atoms with Crippen molar-refractivity contribution in [1.29, 1.82) is 0 Å². The summed E-state index contributed by atoms with van der Waals surface area (Å²) in [6.07, 6.45) is -4.73. The minimum Gasteiger partial charge on any atom is -0.337 e. The van der Waals surface area contributed by atoms with Crippen molar-refractivity contribution in [3.05, 3.63) is 70.0 Å². The monoisotopic (exact) mass is 477 g/mol. The Kier molecular flexibility index (Phi) is 5.88. The van der Waals surface area contributed by atoms with Crippen LogP contribution < -0.4 is 10.6 Å². The predicted molar refractivity (Wildman–Crippen MR) is 110 cm³/mol. The fourth-order valence-corrected chi connectivity index (χ4v) is 4.18. The second-order valence-electron chi connectivity index (χ2n) is 8.25. The SMILES string of the molecule is Cc1cccc([C@@H](NC(=O)c2cc3c(cc2F)C(=O)N(C2CCC(=O)NC2=O)C3)C(F)(F)F)c1. The van der Waals surface area contributed by atoms with Gasteiger partial charge in [0.15, 0.2) is 6.04 Å². The highest BCUT2D eigenvalue weighted by molar-refractivity contribution is 6.06. The van der Waals surface area contributed by atoms with Crippen LogP contribution in [0.1, 0.15) is 56.3 Å².